The summed E-state index contributed by atoms with van der Waals surface area (Å²) >= 11 is 5.60. The maximum Gasteiger partial charge on any atom is 0.352 e. The van der Waals surface area contributed by atoms with Gasteiger partial charge < -0.3 is 10.1 Å². The lowest BCUT2D eigenvalue weighted by Crippen LogP contribution is -2.13. The Morgan fingerprint density at radius 1 is 1.37 bits per heavy atom. The summed E-state index contributed by atoms with van der Waals surface area (Å²) in [6.45, 7) is 0. The number of carboxylic acids is 1. The maximum atomic E-state index is 11.9. The topological polar surface area (TPSA) is 125 Å². The molecular weight excluding hydrogens is 296 g/mol. The third kappa shape index (κ3) is 3.01. The smallest absolute Gasteiger partial charge is 0.352 e. The van der Waals surface area contributed by atoms with Crippen molar-refractivity contribution in [1.82, 2.24) is 15.0 Å². The molecular formula is C9H7ClN4O4S. The molecule has 0 amide bonds. The summed E-state index contributed by atoms with van der Waals surface area (Å²) in [5.74, 6) is -1.27. The Hall–Kier alpha value is -2.13. The molecule has 0 aliphatic carbocycles. The molecule has 0 saturated carbocycles. The van der Waals surface area contributed by atoms with E-state index in [2.05, 4.69) is 19.7 Å². The largest absolute Gasteiger partial charge is 0.477 e. The lowest BCUT2D eigenvalue weighted by molar-refractivity contribution is 0.0691. The Kier molecular flexibility index (Phi) is 3.40. The van der Waals surface area contributed by atoms with E-state index in [0.29, 0.717) is 0 Å². The van der Waals surface area contributed by atoms with Gasteiger partial charge in [0.25, 0.3) is 10.0 Å². The van der Waals surface area contributed by atoms with Gasteiger partial charge in [0.15, 0.2) is 0 Å². The van der Waals surface area contributed by atoms with Crippen LogP contribution in [0.3, 0.4) is 0 Å². The first-order valence-electron chi connectivity index (χ1n) is 4.80. The number of sulfonamides is 1. The van der Waals surface area contributed by atoms with Crippen LogP contribution in [0.4, 0.5) is 5.82 Å². The number of H-pyrrole nitrogens is 1. The van der Waals surface area contributed by atoms with E-state index in [0.717, 1.165) is 18.6 Å². The van der Waals surface area contributed by atoms with Gasteiger partial charge in [0.1, 0.15) is 27.9 Å². The van der Waals surface area contributed by atoms with E-state index in [1.165, 1.54) is 6.07 Å². The first-order chi connectivity index (χ1) is 8.88. The summed E-state index contributed by atoms with van der Waals surface area (Å²) in [5, 5.41) is 8.78. The fraction of sp³-hybridized carbons (Fsp3) is 0. The predicted molar refractivity (Wildman–Crippen MR) is 65.6 cm³/mol. The minimum atomic E-state index is -3.94. The van der Waals surface area contributed by atoms with Crippen LogP contribution in [0.2, 0.25) is 5.15 Å². The van der Waals surface area contributed by atoms with Crippen LogP contribution in [0.15, 0.2) is 29.6 Å². The number of hydrogen-bond acceptors (Lipinski definition) is 5. The van der Waals surface area contributed by atoms with Crippen molar-refractivity contribution >= 4 is 33.4 Å². The SMILES string of the molecule is O=C(O)c1cc(S(=O)(=O)Nc2cc(Cl)ncn2)c[nH]1. The molecule has 0 saturated heterocycles. The Bertz CT molecular complexity index is 727. The van der Waals surface area contributed by atoms with Gasteiger partial charge in [0, 0.05) is 12.3 Å². The second-order valence-electron chi connectivity index (χ2n) is 3.39. The van der Waals surface area contributed by atoms with Gasteiger partial charge in [-0.05, 0) is 6.07 Å². The monoisotopic (exact) mass is 302 g/mol. The van der Waals surface area contributed by atoms with E-state index >= 15 is 0 Å². The average molecular weight is 303 g/mol. The molecule has 10 heteroatoms. The average Bonchev–Trinajstić information content (AvgIpc) is 2.78. The summed E-state index contributed by atoms with van der Waals surface area (Å²) < 4.78 is 26.0. The fourth-order valence-corrected chi connectivity index (χ4v) is 2.38. The summed E-state index contributed by atoms with van der Waals surface area (Å²) in [6.07, 6.45) is 2.16. The van der Waals surface area contributed by atoms with E-state index in [4.69, 9.17) is 16.7 Å². The third-order valence-corrected chi connectivity index (χ3v) is 3.61. The van der Waals surface area contributed by atoms with E-state index in [-0.39, 0.29) is 21.6 Å². The molecule has 3 N–H and O–H groups in total. The van der Waals surface area contributed by atoms with Crippen LogP contribution in [0.1, 0.15) is 10.5 Å². The van der Waals surface area contributed by atoms with Gasteiger partial charge >= 0.3 is 5.97 Å². The van der Waals surface area contributed by atoms with Crippen molar-refractivity contribution in [2.75, 3.05) is 4.72 Å². The number of hydrogen-bond donors (Lipinski definition) is 3. The number of halogens is 1. The van der Waals surface area contributed by atoms with Gasteiger partial charge in [-0.1, -0.05) is 11.6 Å². The van der Waals surface area contributed by atoms with Gasteiger partial charge in [-0.15, -0.1) is 0 Å². The Labute approximate surface area is 112 Å². The van der Waals surface area contributed by atoms with Crippen molar-refractivity contribution in [1.29, 1.82) is 0 Å². The summed E-state index contributed by atoms with van der Waals surface area (Å²) in [7, 11) is -3.94. The van der Waals surface area contributed by atoms with E-state index in [9.17, 15) is 13.2 Å². The van der Waals surface area contributed by atoms with Crippen molar-refractivity contribution < 1.29 is 18.3 Å². The quantitative estimate of drug-likeness (QED) is 0.722. The molecule has 100 valence electrons. The van der Waals surface area contributed by atoms with Crippen molar-refractivity contribution in [3.05, 3.63) is 35.5 Å². The van der Waals surface area contributed by atoms with Gasteiger partial charge in [-0.2, -0.15) is 0 Å². The summed E-state index contributed by atoms with van der Waals surface area (Å²) in [4.78, 5) is 20.1. The molecule has 0 unspecified atom stereocenters. The molecule has 0 fully saturated rings. The van der Waals surface area contributed by atoms with Crippen molar-refractivity contribution in [2.24, 2.45) is 0 Å². The molecule has 2 aromatic rings. The number of carboxylic acid groups (broad SMARTS) is 1. The number of aromatic amines is 1. The maximum absolute atomic E-state index is 11.9. The molecule has 2 aromatic heterocycles. The summed E-state index contributed by atoms with van der Waals surface area (Å²) in [5.41, 5.74) is -0.235. The van der Waals surface area contributed by atoms with Gasteiger partial charge in [-0.25, -0.2) is 23.2 Å². The number of carbonyl (C=O) groups is 1. The van der Waals surface area contributed by atoms with Gasteiger partial charge in [0.2, 0.25) is 0 Å². The van der Waals surface area contributed by atoms with Crippen LogP contribution >= 0.6 is 11.6 Å². The number of aromatic carboxylic acids is 1. The molecule has 0 aliphatic heterocycles. The van der Waals surface area contributed by atoms with Crippen molar-refractivity contribution in [2.45, 2.75) is 4.90 Å². The molecule has 0 aromatic carbocycles. The van der Waals surface area contributed by atoms with E-state index in [1.54, 1.807) is 0 Å². The molecule has 0 aliphatic rings. The van der Waals surface area contributed by atoms with Crippen LogP contribution in [0.5, 0.6) is 0 Å². The number of aromatic nitrogens is 3. The highest BCUT2D eigenvalue weighted by Gasteiger charge is 2.18. The summed E-state index contributed by atoms with van der Waals surface area (Å²) in [6, 6.07) is 2.22. The normalized spacial score (nSPS) is 11.2. The highest BCUT2D eigenvalue weighted by molar-refractivity contribution is 7.92. The standard InChI is InChI=1S/C9H7ClN4O4S/c10-7-2-8(13-4-12-7)14-19(17,18)5-1-6(9(15)16)11-3-5/h1-4,11H,(H,15,16)(H,12,13,14). The second-order valence-corrected chi connectivity index (χ2v) is 5.46. The van der Waals surface area contributed by atoms with Gasteiger partial charge in [-0.3, -0.25) is 4.72 Å². The van der Waals surface area contributed by atoms with E-state index in [1.807, 2.05) is 0 Å². The Morgan fingerprint density at radius 3 is 2.68 bits per heavy atom. The van der Waals surface area contributed by atoms with Crippen molar-refractivity contribution in [3.63, 3.8) is 0 Å². The highest BCUT2D eigenvalue weighted by Crippen LogP contribution is 2.16. The zero-order chi connectivity index (χ0) is 14.0. The first kappa shape index (κ1) is 13.3. The molecule has 8 nitrogen and oxygen atoms in total. The molecule has 0 spiro atoms. The Balaban J connectivity index is 2.29. The molecule has 0 atom stereocenters. The second kappa shape index (κ2) is 4.86. The van der Waals surface area contributed by atoms with Crippen LogP contribution in [0.25, 0.3) is 0 Å². The number of anilines is 1. The molecule has 0 bridgehead atoms. The lowest BCUT2D eigenvalue weighted by Gasteiger charge is -2.04. The van der Waals surface area contributed by atoms with Crippen LogP contribution in [-0.4, -0.2) is 34.4 Å². The molecule has 2 heterocycles. The van der Waals surface area contributed by atoms with Crippen LogP contribution in [0, 0.1) is 0 Å². The Morgan fingerprint density at radius 2 is 2.11 bits per heavy atom. The zero-order valence-corrected chi connectivity index (χ0v) is 10.7. The molecule has 0 radical (unpaired) electrons. The predicted octanol–water partition coefficient (Wildman–Crippen LogP) is 0.957. The fourth-order valence-electron chi connectivity index (χ4n) is 1.24. The third-order valence-electron chi connectivity index (χ3n) is 2.07. The first-order valence-corrected chi connectivity index (χ1v) is 6.67. The highest BCUT2D eigenvalue weighted by atomic mass is 35.5. The van der Waals surface area contributed by atoms with E-state index < -0.39 is 16.0 Å². The van der Waals surface area contributed by atoms with Crippen molar-refractivity contribution in [3.8, 4) is 0 Å². The number of nitrogens with zero attached hydrogens (tertiary/aromatic N) is 2. The number of nitrogens with one attached hydrogen (secondary N) is 2. The number of rotatable bonds is 4. The minimum absolute atomic E-state index is 0.0157. The molecule has 2 rings (SSSR count). The van der Waals surface area contributed by atoms with Gasteiger partial charge in [0.05, 0.1) is 0 Å². The van der Waals surface area contributed by atoms with Crippen LogP contribution < -0.4 is 4.72 Å². The molecule has 19 heavy (non-hydrogen) atoms. The lowest BCUT2D eigenvalue weighted by atomic mass is 10.4. The zero-order valence-electron chi connectivity index (χ0n) is 9.16. The van der Waals surface area contributed by atoms with Crippen LogP contribution in [-0.2, 0) is 10.0 Å². The minimum Gasteiger partial charge on any atom is -0.477 e.